The van der Waals surface area contributed by atoms with E-state index in [0.717, 1.165) is 22.0 Å². The Kier molecular flexibility index (Phi) is 2.81. The number of halogens is 3. The van der Waals surface area contributed by atoms with Crippen LogP contribution in [0.4, 0.5) is 4.39 Å². The molecule has 78 valence electrons. The summed E-state index contributed by atoms with van der Waals surface area (Å²) in [5.41, 5.74) is 2.21. The molecule has 2 rings (SSSR count). The van der Waals surface area contributed by atoms with Gasteiger partial charge in [-0.1, -0.05) is 11.6 Å². The van der Waals surface area contributed by atoms with E-state index in [9.17, 15) is 4.39 Å². The van der Waals surface area contributed by atoms with Gasteiger partial charge in [0.25, 0.3) is 0 Å². The smallest absolute Gasteiger partial charge is 0.134 e. The quantitative estimate of drug-likeness (QED) is 0.544. The van der Waals surface area contributed by atoms with E-state index < -0.39 is 0 Å². The monoisotopic (exact) mass is 243 g/mol. The second-order valence-corrected chi connectivity index (χ2v) is 3.99. The number of hydrogen-bond donors (Lipinski definition) is 0. The normalized spacial score (nSPS) is 10.9. The third-order valence-corrected chi connectivity index (χ3v) is 2.86. The summed E-state index contributed by atoms with van der Waals surface area (Å²) in [6, 6.07) is 4.64. The van der Waals surface area contributed by atoms with Crippen LogP contribution in [0.1, 0.15) is 11.1 Å². The van der Waals surface area contributed by atoms with Crippen LogP contribution < -0.4 is 0 Å². The van der Waals surface area contributed by atoms with Gasteiger partial charge in [0.1, 0.15) is 11.0 Å². The molecular formula is C11H8Cl2FN. The average molecular weight is 244 g/mol. The summed E-state index contributed by atoms with van der Waals surface area (Å²) < 4.78 is 13.1. The molecule has 0 radical (unpaired) electrons. The van der Waals surface area contributed by atoms with Crippen molar-refractivity contribution in [1.82, 2.24) is 4.98 Å². The standard InChI is InChI=1S/C11H8Cl2FN/c1-6-2-9(14)4-7-3-8(5-12)11(13)15-10(6)7/h2-4H,5H2,1H3. The first-order valence-corrected chi connectivity index (χ1v) is 5.34. The molecule has 1 heterocycles. The zero-order valence-electron chi connectivity index (χ0n) is 8.02. The predicted octanol–water partition coefficient (Wildman–Crippen LogP) is 4.07. The molecule has 0 saturated carbocycles. The highest BCUT2D eigenvalue weighted by atomic mass is 35.5. The number of benzene rings is 1. The molecule has 1 nitrogen and oxygen atoms in total. The van der Waals surface area contributed by atoms with Gasteiger partial charge in [-0.05, 0) is 30.7 Å². The van der Waals surface area contributed by atoms with Crippen molar-refractivity contribution in [2.45, 2.75) is 12.8 Å². The molecule has 0 fully saturated rings. The number of aromatic nitrogens is 1. The minimum Gasteiger partial charge on any atom is -0.235 e. The van der Waals surface area contributed by atoms with Gasteiger partial charge in [0.05, 0.1) is 11.4 Å². The van der Waals surface area contributed by atoms with Gasteiger partial charge in [0, 0.05) is 10.9 Å². The van der Waals surface area contributed by atoms with Gasteiger partial charge >= 0.3 is 0 Å². The molecule has 0 saturated heterocycles. The van der Waals surface area contributed by atoms with Crippen LogP contribution in [0.5, 0.6) is 0 Å². The molecule has 0 bridgehead atoms. The summed E-state index contributed by atoms with van der Waals surface area (Å²) >= 11 is 11.6. The number of fused-ring (bicyclic) bond motifs is 1. The van der Waals surface area contributed by atoms with Crippen LogP contribution in [0.25, 0.3) is 10.9 Å². The van der Waals surface area contributed by atoms with E-state index in [0.29, 0.717) is 5.15 Å². The Bertz CT molecular complexity index is 525. The molecule has 0 aliphatic rings. The number of pyridine rings is 1. The minimum absolute atomic E-state index is 0.273. The van der Waals surface area contributed by atoms with Crippen molar-refractivity contribution in [3.05, 3.63) is 40.3 Å². The number of aryl methyl sites for hydroxylation is 1. The maximum Gasteiger partial charge on any atom is 0.134 e. The van der Waals surface area contributed by atoms with Crippen LogP contribution in [0, 0.1) is 12.7 Å². The molecule has 0 unspecified atom stereocenters. The molecule has 2 aromatic rings. The van der Waals surface area contributed by atoms with E-state index in [2.05, 4.69) is 4.98 Å². The third kappa shape index (κ3) is 1.92. The molecular weight excluding hydrogens is 236 g/mol. The Morgan fingerprint density at radius 1 is 1.33 bits per heavy atom. The summed E-state index contributed by atoms with van der Waals surface area (Å²) in [5.74, 6) is 0.00166. The number of rotatable bonds is 1. The number of alkyl halides is 1. The largest absolute Gasteiger partial charge is 0.235 e. The topological polar surface area (TPSA) is 12.9 Å². The van der Waals surface area contributed by atoms with Crippen LogP contribution in [-0.4, -0.2) is 4.98 Å². The first-order valence-electron chi connectivity index (χ1n) is 4.43. The summed E-state index contributed by atoms with van der Waals surface area (Å²) in [6.07, 6.45) is 0. The van der Waals surface area contributed by atoms with Crippen molar-refractivity contribution in [2.75, 3.05) is 0 Å². The van der Waals surface area contributed by atoms with Crippen LogP contribution in [-0.2, 0) is 5.88 Å². The average Bonchev–Trinajstić information content (AvgIpc) is 2.18. The fraction of sp³-hybridized carbons (Fsp3) is 0.182. The van der Waals surface area contributed by atoms with E-state index in [1.54, 1.807) is 13.0 Å². The molecule has 0 N–H and O–H groups in total. The number of hydrogen-bond acceptors (Lipinski definition) is 1. The van der Waals surface area contributed by atoms with Gasteiger partial charge in [-0.25, -0.2) is 9.37 Å². The van der Waals surface area contributed by atoms with E-state index in [-0.39, 0.29) is 11.7 Å². The molecule has 1 aromatic heterocycles. The van der Waals surface area contributed by atoms with E-state index in [1.807, 2.05) is 0 Å². The van der Waals surface area contributed by atoms with Crippen LogP contribution in [0.3, 0.4) is 0 Å². The maximum atomic E-state index is 13.1. The lowest BCUT2D eigenvalue weighted by Gasteiger charge is -2.05. The first-order chi connectivity index (χ1) is 7.11. The maximum absolute atomic E-state index is 13.1. The van der Waals surface area contributed by atoms with Gasteiger partial charge in [-0.15, -0.1) is 11.6 Å². The lowest BCUT2D eigenvalue weighted by Crippen LogP contribution is -1.91. The molecule has 15 heavy (non-hydrogen) atoms. The van der Waals surface area contributed by atoms with E-state index in [4.69, 9.17) is 23.2 Å². The van der Waals surface area contributed by atoms with Crippen LogP contribution in [0.15, 0.2) is 18.2 Å². The summed E-state index contributed by atoms with van der Waals surface area (Å²) in [6.45, 7) is 1.80. The minimum atomic E-state index is -0.273. The zero-order chi connectivity index (χ0) is 11.0. The lowest BCUT2D eigenvalue weighted by molar-refractivity contribution is 0.628. The van der Waals surface area contributed by atoms with Gasteiger partial charge in [-0.3, -0.25) is 0 Å². The molecule has 0 atom stereocenters. The highest BCUT2D eigenvalue weighted by molar-refractivity contribution is 6.31. The van der Waals surface area contributed by atoms with Crippen LogP contribution >= 0.6 is 23.2 Å². The van der Waals surface area contributed by atoms with Gasteiger partial charge in [0.15, 0.2) is 0 Å². The Labute approximate surface area is 96.8 Å². The zero-order valence-corrected chi connectivity index (χ0v) is 9.53. The predicted molar refractivity (Wildman–Crippen MR) is 61.0 cm³/mol. The molecule has 0 aliphatic carbocycles. The Balaban J connectivity index is 2.81. The highest BCUT2D eigenvalue weighted by Crippen LogP contribution is 2.24. The molecule has 0 spiro atoms. The Morgan fingerprint density at radius 3 is 2.73 bits per heavy atom. The summed E-state index contributed by atoms with van der Waals surface area (Å²) in [5, 5.41) is 1.11. The second kappa shape index (κ2) is 3.95. The third-order valence-electron chi connectivity index (χ3n) is 2.24. The van der Waals surface area contributed by atoms with Gasteiger partial charge < -0.3 is 0 Å². The summed E-state index contributed by atoms with van der Waals surface area (Å²) in [4.78, 5) is 4.20. The van der Waals surface area contributed by atoms with Crippen molar-refractivity contribution in [3.63, 3.8) is 0 Å². The second-order valence-electron chi connectivity index (χ2n) is 3.37. The fourth-order valence-electron chi connectivity index (χ4n) is 1.54. The number of nitrogens with zero attached hydrogens (tertiary/aromatic N) is 1. The van der Waals surface area contributed by atoms with Gasteiger partial charge in [-0.2, -0.15) is 0 Å². The van der Waals surface area contributed by atoms with Crippen molar-refractivity contribution >= 4 is 34.1 Å². The lowest BCUT2D eigenvalue weighted by atomic mass is 10.1. The van der Waals surface area contributed by atoms with E-state index >= 15 is 0 Å². The fourth-order valence-corrected chi connectivity index (χ4v) is 2.01. The van der Waals surface area contributed by atoms with Crippen molar-refractivity contribution in [1.29, 1.82) is 0 Å². The molecule has 4 heteroatoms. The molecule has 0 aliphatic heterocycles. The van der Waals surface area contributed by atoms with Crippen molar-refractivity contribution in [3.8, 4) is 0 Å². The van der Waals surface area contributed by atoms with Gasteiger partial charge in [0.2, 0.25) is 0 Å². The molecule has 1 aromatic carbocycles. The van der Waals surface area contributed by atoms with Crippen LogP contribution in [0.2, 0.25) is 5.15 Å². The summed E-state index contributed by atoms with van der Waals surface area (Å²) in [7, 11) is 0. The Morgan fingerprint density at radius 2 is 2.07 bits per heavy atom. The SMILES string of the molecule is Cc1cc(F)cc2cc(CCl)c(Cl)nc12. The Hall–Kier alpha value is -0.860. The first kappa shape index (κ1) is 10.7. The highest BCUT2D eigenvalue weighted by Gasteiger charge is 2.07. The van der Waals surface area contributed by atoms with Crippen molar-refractivity contribution in [2.24, 2.45) is 0 Å². The molecule has 0 amide bonds. The van der Waals surface area contributed by atoms with E-state index in [1.165, 1.54) is 12.1 Å². The van der Waals surface area contributed by atoms with Crippen molar-refractivity contribution < 1.29 is 4.39 Å².